The lowest BCUT2D eigenvalue weighted by atomic mass is 10.2. The number of halogens is 1. The number of hydrogen-bond donors (Lipinski definition) is 2. The number of sulfonamides is 1. The monoisotopic (exact) mass is 458 g/mol. The highest BCUT2D eigenvalue weighted by Crippen LogP contribution is 2.15. The van der Waals surface area contributed by atoms with Crippen LogP contribution in [0.1, 0.15) is 30.1 Å². The Morgan fingerprint density at radius 1 is 1.12 bits per heavy atom. The highest BCUT2D eigenvalue weighted by molar-refractivity contribution is 14.1. The zero-order chi connectivity index (χ0) is 17.6. The molecule has 0 heterocycles. The zero-order valence-electron chi connectivity index (χ0n) is 13.3. The van der Waals surface area contributed by atoms with Crippen molar-refractivity contribution in [2.45, 2.75) is 24.7 Å². The second kappa shape index (κ2) is 8.59. The lowest BCUT2D eigenvalue weighted by Crippen LogP contribution is -2.25. The molecule has 0 aliphatic carbocycles. The highest BCUT2D eigenvalue weighted by Gasteiger charge is 2.15. The minimum Gasteiger partial charge on any atom is -0.322 e. The van der Waals surface area contributed by atoms with Gasteiger partial charge in [0.15, 0.2) is 0 Å². The molecule has 24 heavy (non-hydrogen) atoms. The molecule has 2 aromatic carbocycles. The van der Waals surface area contributed by atoms with Gasteiger partial charge in [0.2, 0.25) is 10.0 Å². The summed E-state index contributed by atoms with van der Waals surface area (Å²) >= 11 is 2.18. The van der Waals surface area contributed by atoms with Crippen molar-refractivity contribution in [3.05, 3.63) is 57.7 Å². The molecule has 2 N–H and O–H groups in total. The van der Waals surface area contributed by atoms with Gasteiger partial charge in [0.1, 0.15) is 0 Å². The Morgan fingerprint density at radius 2 is 1.83 bits per heavy atom. The molecule has 2 rings (SSSR count). The second-order valence-electron chi connectivity index (χ2n) is 5.24. The minimum absolute atomic E-state index is 0.0915. The minimum atomic E-state index is -3.60. The molecule has 7 heteroatoms. The van der Waals surface area contributed by atoms with Crippen LogP contribution in [0, 0.1) is 3.57 Å². The first-order valence-electron chi connectivity index (χ1n) is 7.59. The molecule has 0 saturated heterocycles. The van der Waals surface area contributed by atoms with Gasteiger partial charge in [0.05, 0.1) is 4.90 Å². The first-order chi connectivity index (χ1) is 11.4. The summed E-state index contributed by atoms with van der Waals surface area (Å²) in [5.74, 6) is -0.346. The van der Waals surface area contributed by atoms with Crippen molar-refractivity contribution in [2.75, 3.05) is 11.9 Å². The number of amides is 1. The summed E-state index contributed by atoms with van der Waals surface area (Å²) in [6.07, 6.45) is 1.67. The van der Waals surface area contributed by atoms with Crippen molar-refractivity contribution in [1.82, 2.24) is 4.72 Å². The van der Waals surface area contributed by atoms with E-state index >= 15 is 0 Å². The standard InChI is InChI=1S/C17H19IN2O3S/c1-2-3-11-19-24(22,23)16-6-4-5-13(12-16)17(21)20-15-9-7-14(18)8-10-15/h4-10,12,19H,2-3,11H2,1H3,(H,20,21). The van der Waals surface area contributed by atoms with Crippen LogP contribution in [-0.2, 0) is 10.0 Å². The third kappa shape index (κ3) is 5.29. The predicted octanol–water partition coefficient (Wildman–Crippen LogP) is 3.62. The summed E-state index contributed by atoms with van der Waals surface area (Å²) in [5, 5.41) is 2.76. The molecule has 0 spiro atoms. The molecular formula is C17H19IN2O3S. The maximum Gasteiger partial charge on any atom is 0.255 e. The lowest BCUT2D eigenvalue weighted by molar-refractivity contribution is 0.102. The Labute approximate surface area is 156 Å². The van der Waals surface area contributed by atoms with E-state index in [9.17, 15) is 13.2 Å². The number of unbranched alkanes of at least 4 members (excludes halogenated alkanes) is 1. The number of carbonyl (C=O) groups is 1. The van der Waals surface area contributed by atoms with Crippen molar-refractivity contribution in [3.63, 3.8) is 0 Å². The summed E-state index contributed by atoms with van der Waals surface area (Å²) in [7, 11) is -3.60. The van der Waals surface area contributed by atoms with E-state index < -0.39 is 10.0 Å². The molecular weight excluding hydrogens is 439 g/mol. The Morgan fingerprint density at radius 3 is 2.50 bits per heavy atom. The van der Waals surface area contributed by atoms with Crippen LogP contribution in [0.2, 0.25) is 0 Å². The van der Waals surface area contributed by atoms with Gasteiger partial charge in [-0.1, -0.05) is 19.4 Å². The number of hydrogen-bond acceptors (Lipinski definition) is 3. The molecule has 1 amide bonds. The summed E-state index contributed by atoms with van der Waals surface area (Å²) in [4.78, 5) is 12.4. The number of carbonyl (C=O) groups excluding carboxylic acids is 1. The molecule has 0 atom stereocenters. The number of benzene rings is 2. The summed E-state index contributed by atoms with van der Waals surface area (Å²) in [6, 6.07) is 13.4. The van der Waals surface area contributed by atoms with Gasteiger partial charge in [-0.25, -0.2) is 13.1 Å². The first kappa shape index (κ1) is 18.9. The van der Waals surface area contributed by atoms with Crippen LogP contribution in [0.25, 0.3) is 0 Å². The molecule has 2 aromatic rings. The van der Waals surface area contributed by atoms with Gasteiger partial charge >= 0.3 is 0 Å². The largest absolute Gasteiger partial charge is 0.322 e. The molecule has 0 bridgehead atoms. The van der Waals surface area contributed by atoms with Gasteiger partial charge in [0.25, 0.3) is 5.91 Å². The molecule has 0 aliphatic rings. The molecule has 0 fully saturated rings. The Kier molecular flexibility index (Phi) is 6.76. The molecule has 0 unspecified atom stereocenters. The van der Waals surface area contributed by atoms with Crippen LogP contribution in [0.4, 0.5) is 5.69 Å². The normalized spacial score (nSPS) is 11.2. The van der Waals surface area contributed by atoms with Crippen LogP contribution < -0.4 is 10.0 Å². The van der Waals surface area contributed by atoms with E-state index in [0.29, 0.717) is 17.8 Å². The van der Waals surface area contributed by atoms with Gasteiger partial charge in [-0.2, -0.15) is 0 Å². The Hall–Kier alpha value is -1.45. The van der Waals surface area contributed by atoms with Crippen molar-refractivity contribution in [1.29, 1.82) is 0 Å². The second-order valence-corrected chi connectivity index (χ2v) is 8.25. The maximum atomic E-state index is 12.3. The quantitative estimate of drug-likeness (QED) is 0.492. The molecule has 0 aliphatic heterocycles. The van der Waals surface area contributed by atoms with E-state index in [1.165, 1.54) is 12.1 Å². The predicted molar refractivity (Wildman–Crippen MR) is 104 cm³/mol. The molecule has 5 nitrogen and oxygen atoms in total. The first-order valence-corrected chi connectivity index (χ1v) is 10.1. The SMILES string of the molecule is CCCCNS(=O)(=O)c1cccc(C(=O)Nc2ccc(I)cc2)c1. The van der Waals surface area contributed by atoms with E-state index in [1.807, 2.05) is 19.1 Å². The fourth-order valence-electron chi connectivity index (χ4n) is 2.01. The smallest absolute Gasteiger partial charge is 0.255 e. The fraction of sp³-hybridized carbons (Fsp3) is 0.235. The lowest BCUT2D eigenvalue weighted by Gasteiger charge is -2.09. The fourth-order valence-corrected chi connectivity index (χ4v) is 3.49. The van der Waals surface area contributed by atoms with E-state index in [-0.39, 0.29) is 10.8 Å². The van der Waals surface area contributed by atoms with Crippen LogP contribution >= 0.6 is 22.6 Å². The van der Waals surface area contributed by atoms with E-state index in [2.05, 4.69) is 32.6 Å². The van der Waals surface area contributed by atoms with Gasteiger partial charge in [0, 0.05) is 21.4 Å². The Bertz CT molecular complexity index is 805. The summed E-state index contributed by atoms with van der Waals surface area (Å²) in [6.45, 7) is 2.38. The summed E-state index contributed by atoms with van der Waals surface area (Å²) < 4.78 is 28.1. The van der Waals surface area contributed by atoms with Crippen LogP contribution in [0.3, 0.4) is 0 Å². The number of nitrogens with one attached hydrogen (secondary N) is 2. The maximum absolute atomic E-state index is 12.3. The number of anilines is 1. The Balaban J connectivity index is 2.14. The average Bonchev–Trinajstić information content (AvgIpc) is 2.57. The average molecular weight is 458 g/mol. The van der Waals surface area contributed by atoms with Crippen molar-refractivity contribution in [2.24, 2.45) is 0 Å². The molecule has 0 radical (unpaired) electrons. The van der Waals surface area contributed by atoms with Crippen LogP contribution in [-0.4, -0.2) is 20.9 Å². The molecule has 0 aromatic heterocycles. The van der Waals surface area contributed by atoms with Crippen LogP contribution in [0.15, 0.2) is 53.4 Å². The zero-order valence-corrected chi connectivity index (χ0v) is 16.2. The van der Waals surface area contributed by atoms with Crippen molar-refractivity contribution >= 4 is 44.2 Å². The van der Waals surface area contributed by atoms with E-state index in [1.54, 1.807) is 24.3 Å². The number of rotatable bonds is 7. The molecule has 0 saturated carbocycles. The van der Waals surface area contributed by atoms with Crippen molar-refractivity contribution in [3.8, 4) is 0 Å². The van der Waals surface area contributed by atoms with Gasteiger partial charge in [-0.05, 0) is 71.5 Å². The van der Waals surface area contributed by atoms with Gasteiger partial charge < -0.3 is 5.32 Å². The van der Waals surface area contributed by atoms with E-state index in [4.69, 9.17) is 0 Å². The van der Waals surface area contributed by atoms with E-state index in [0.717, 1.165) is 16.4 Å². The highest BCUT2D eigenvalue weighted by atomic mass is 127. The topological polar surface area (TPSA) is 75.3 Å². The molecule has 128 valence electrons. The van der Waals surface area contributed by atoms with Crippen LogP contribution in [0.5, 0.6) is 0 Å². The summed E-state index contributed by atoms with van der Waals surface area (Å²) in [5.41, 5.74) is 0.960. The van der Waals surface area contributed by atoms with Gasteiger partial charge in [-0.15, -0.1) is 0 Å². The third-order valence-corrected chi connectivity index (χ3v) is 5.51. The third-order valence-electron chi connectivity index (χ3n) is 3.33. The van der Waals surface area contributed by atoms with Crippen molar-refractivity contribution < 1.29 is 13.2 Å². The van der Waals surface area contributed by atoms with Gasteiger partial charge in [-0.3, -0.25) is 4.79 Å².